The predicted octanol–water partition coefficient (Wildman–Crippen LogP) is 0.476. The van der Waals surface area contributed by atoms with Crippen molar-refractivity contribution in [3.05, 3.63) is 0 Å². The molecule has 5 nitrogen and oxygen atoms in total. The Bertz CT molecular complexity index is 344. The number of aliphatic hydroxyl groups is 1. The van der Waals surface area contributed by atoms with E-state index in [-0.39, 0.29) is 24.3 Å². The minimum absolute atomic E-state index is 0.102. The van der Waals surface area contributed by atoms with Gasteiger partial charge in [0.05, 0.1) is 5.92 Å². The fourth-order valence-corrected chi connectivity index (χ4v) is 3.18. The number of likely N-dealkylation sites (tertiary alicyclic amines) is 2. The standard InChI is InChI=1S/C14H24N2O3/c1-2-15-10-12(8-13(15)18)14(19)16-6-3-4-11(9-16)5-7-17/h11-12,17H,2-10H2,1H3. The number of nitrogens with zero attached hydrogens (tertiary/aromatic N) is 2. The molecule has 108 valence electrons. The molecule has 0 bridgehead atoms. The van der Waals surface area contributed by atoms with Crippen LogP contribution in [0.1, 0.15) is 32.6 Å². The van der Waals surface area contributed by atoms with Crippen molar-refractivity contribution in [1.82, 2.24) is 9.80 Å². The average molecular weight is 268 g/mol. The molecule has 0 aromatic rings. The van der Waals surface area contributed by atoms with Gasteiger partial charge in [-0.1, -0.05) is 0 Å². The van der Waals surface area contributed by atoms with Crippen molar-refractivity contribution in [2.24, 2.45) is 11.8 Å². The monoisotopic (exact) mass is 268 g/mol. The second-order valence-corrected chi connectivity index (χ2v) is 5.64. The Hall–Kier alpha value is -1.10. The number of rotatable bonds is 4. The average Bonchev–Trinajstić information content (AvgIpc) is 2.80. The summed E-state index contributed by atoms with van der Waals surface area (Å²) in [6, 6.07) is 0. The first-order chi connectivity index (χ1) is 9.15. The number of aliphatic hydroxyl groups excluding tert-OH is 1. The second kappa shape index (κ2) is 6.37. The molecule has 2 heterocycles. The SMILES string of the molecule is CCN1CC(C(=O)N2CCCC(CCO)C2)CC1=O. The van der Waals surface area contributed by atoms with Crippen LogP contribution in [0.5, 0.6) is 0 Å². The van der Waals surface area contributed by atoms with Crippen LogP contribution in [-0.4, -0.2) is 59.5 Å². The molecular weight excluding hydrogens is 244 g/mol. The first kappa shape index (κ1) is 14.3. The molecule has 0 radical (unpaired) electrons. The van der Waals surface area contributed by atoms with Gasteiger partial charge in [0.25, 0.3) is 0 Å². The summed E-state index contributed by atoms with van der Waals surface area (Å²) in [6.45, 7) is 4.96. The van der Waals surface area contributed by atoms with Crippen molar-refractivity contribution in [2.75, 3.05) is 32.8 Å². The molecule has 0 aromatic carbocycles. The van der Waals surface area contributed by atoms with Crippen LogP contribution < -0.4 is 0 Å². The molecule has 5 heteroatoms. The molecule has 2 atom stereocenters. The van der Waals surface area contributed by atoms with E-state index in [9.17, 15) is 9.59 Å². The molecule has 2 aliphatic rings. The van der Waals surface area contributed by atoms with Gasteiger partial charge >= 0.3 is 0 Å². The molecule has 2 aliphatic heterocycles. The lowest BCUT2D eigenvalue weighted by molar-refractivity contribution is -0.137. The fourth-order valence-electron chi connectivity index (χ4n) is 3.18. The molecule has 0 saturated carbocycles. The zero-order valence-corrected chi connectivity index (χ0v) is 11.7. The molecule has 0 spiro atoms. The highest BCUT2D eigenvalue weighted by atomic mass is 16.3. The quantitative estimate of drug-likeness (QED) is 0.806. The van der Waals surface area contributed by atoms with E-state index in [0.29, 0.717) is 25.4 Å². The smallest absolute Gasteiger partial charge is 0.228 e. The maximum absolute atomic E-state index is 12.4. The van der Waals surface area contributed by atoms with Gasteiger partial charge in [-0.15, -0.1) is 0 Å². The van der Waals surface area contributed by atoms with Gasteiger partial charge in [-0.2, -0.15) is 0 Å². The van der Waals surface area contributed by atoms with Crippen molar-refractivity contribution in [2.45, 2.75) is 32.6 Å². The van der Waals surface area contributed by atoms with E-state index in [4.69, 9.17) is 5.11 Å². The molecule has 2 fully saturated rings. The number of amides is 2. The lowest BCUT2D eigenvalue weighted by atomic mass is 9.94. The van der Waals surface area contributed by atoms with E-state index < -0.39 is 0 Å². The summed E-state index contributed by atoms with van der Waals surface area (Å²) in [6.07, 6.45) is 3.24. The third-order valence-electron chi connectivity index (χ3n) is 4.31. The Morgan fingerprint density at radius 1 is 1.42 bits per heavy atom. The van der Waals surface area contributed by atoms with Crippen LogP contribution in [-0.2, 0) is 9.59 Å². The summed E-state index contributed by atoms with van der Waals surface area (Å²) >= 11 is 0. The van der Waals surface area contributed by atoms with Crippen molar-refractivity contribution >= 4 is 11.8 Å². The van der Waals surface area contributed by atoms with Crippen molar-refractivity contribution in [3.8, 4) is 0 Å². The lowest BCUT2D eigenvalue weighted by Crippen LogP contribution is -2.43. The fraction of sp³-hybridized carbons (Fsp3) is 0.857. The zero-order valence-electron chi connectivity index (χ0n) is 11.7. The number of carbonyl (C=O) groups is 2. The predicted molar refractivity (Wildman–Crippen MR) is 71.4 cm³/mol. The number of hydrogen-bond acceptors (Lipinski definition) is 3. The molecule has 19 heavy (non-hydrogen) atoms. The summed E-state index contributed by atoms with van der Waals surface area (Å²) in [7, 11) is 0. The number of piperidine rings is 1. The molecule has 2 unspecified atom stereocenters. The van der Waals surface area contributed by atoms with Gasteiger partial charge in [0.15, 0.2) is 0 Å². The molecule has 2 saturated heterocycles. The van der Waals surface area contributed by atoms with Gasteiger partial charge in [-0.05, 0) is 32.1 Å². The first-order valence-electron chi connectivity index (χ1n) is 7.33. The Balaban J connectivity index is 1.91. The van der Waals surface area contributed by atoms with Crippen molar-refractivity contribution in [1.29, 1.82) is 0 Å². The van der Waals surface area contributed by atoms with Crippen LogP contribution in [0.2, 0.25) is 0 Å². The number of hydrogen-bond donors (Lipinski definition) is 1. The van der Waals surface area contributed by atoms with Gasteiger partial charge in [0.2, 0.25) is 11.8 Å². The molecular formula is C14H24N2O3. The Labute approximate surface area is 114 Å². The van der Waals surface area contributed by atoms with Gasteiger partial charge in [0.1, 0.15) is 0 Å². The van der Waals surface area contributed by atoms with Crippen LogP contribution in [0.15, 0.2) is 0 Å². The maximum Gasteiger partial charge on any atom is 0.228 e. The van der Waals surface area contributed by atoms with Crippen molar-refractivity contribution < 1.29 is 14.7 Å². The highest BCUT2D eigenvalue weighted by molar-refractivity contribution is 5.89. The third kappa shape index (κ3) is 3.26. The second-order valence-electron chi connectivity index (χ2n) is 5.64. The molecule has 2 amide bonds. The Morgan fingerprint density at radius 3 is 2.84 bits per heavy atom. The summed E-state index contributed by atoms with van der Waals surface area (Å²) in [5.41, 5.74) is 0. The third-order valence-corrected chi connectivity index (χ3v) is 4.31. The van der Waals surface area contributed by atoms with Crippen LogP contribution >= 0.6 is 0 Å². The van der Waals surface area contributed by atoms with E-state index in [1.54, 1.807) is 4.90 Å². The van der Waals surface area contributed by atoms with E-state index in [1.165, 1.54) is 0 Å². The summed E-state index contributed by atoms with van der Waals surface area (Å²) in [5.74, 6) is 0.499. The molecule has 0 aromatic heterocycles. The maximum atomic E-state index is 12.4. The van der Waals surface area contributed by atoms with Gasteiger partial charge in [0, 0.05) is 39.2 Å². The van der Waals surface area contributed by atoms with Crippen LogP contribution in [0.4, 0.5) is 0 Å². The van der Waals surface area contributed by atoms with Crippen molar-refractivity contribution in [3.63, 3.8) is 0 Å². The highest BCUT2D eigenvalue weighted by Gasteiger charge is 2.36. The molecule has 1 N–H and O–H groups in total. The summed E-state index contributed by atoms with van der Waals surface area (Å²) < 4.78 is 0. The zero-order chi connectivity index (χ0) is 13.8. The van der Waals surface area contributed by atoms with E-state index in [1.807, 2.05) is 11.8 Å². The van der Waals surface area contributed by atoms with Gasteiger partial charge < -0.3 is 14.9 Å². The molecule has 0 aliphatic carbocycles. The number of carbonyl (C=O) groups excluding carboxylic acids is 2. The Morgan fingerprint density at radius 2 is 2.21 bits per heavy atom. The molecule has 2 rings (SSSR count). The summed E-state index contributed by atoms with van der Waals surface area (Å²) in [4.78, 5) is 27.8. The normalized spacial score (nSPS) is 28.0. The summed E-state index contributed by atoms with van der Waals surface area (Å²) in [5, 5.41) is 9.00. The van der Waals surface area contributed by atoms with Crippen LogP contribution in [0.3, 0.4) is 0 Å². The van der Waals surface area contributed by atoms with Crippen LogP contribution in [0.25, 0.3) is 0 Å². The minimum Gasteiger partial charge on any atom is -0.396 e. The topological polar surface area (TPSA) is 60.9 Å². The highest BCUT2D eigenvalue weighted by Crippen LogP contribution is 2.24. The largest absolute Gasteiger partial charge is 0.396 e. The van der Waals surface area contributed by atoms with Gasteiger partial charge in [-0.25, -0.2) is 0 Å². The lowest BCUT2D eigenvalue weighted by Gasteiger charge is -2.34. The van der Waals surface area contributed by atoms with Crippen LogP contribution in [0, 0.1) is 11.8 Å². The van der Waals surface area contributed by atoms with Gasteiger partial charge in [-0.3, -0.25) is 9.59 Å². The van der Waals surface area contributed by atoms with E-state index in [0.717, 1.165) is 32.4 Å². The van der Waals surface area contributed by atoms with E-state index in [2.05, 4.69) is 0 Å². The van der Waals surface area contributed by atoms with E-state index >= 15 is 0 Å². The Kier molecular flexibility index (Phi) is 4.80. The first-order valence-corrected chi connectivity index (χ1v) is 7.33. The minimum atomic E-state index is -0.152.